The molecule has 3 aliphatic rings. The molecule has 4 heteroatoms. The average Bonchev–Trinajstić information content (AvgIpc) is 3.17. The molecule has 0 radical (unpaired) electrons. The molecule has 5 rings (SSSR count). The molecule has 3 saturated heterocycles. The molecule has 1 atom stereocenters. The van der Waals surface area contributed by atoms with Crippen molar-refractivity contribution in [2.75, 3.05) is 19.6 Å². The van der Waals surface area contributed by atoms with Crippen LogP contribution in [0.5, 0.6) is 0 Å². The van der Waals surface area contributed by atoms with Gasteiger partial charge >= 0.3 is 0 Å². The largest absolute Gasteiger partial charge is 0.308 e. The van der Waals surface area contributed by atoms with Gasteiger partial charge in [0.15, 0.2) is 0 Å². The third-order valence-electron chi connectivity index (χ3n) is 4.65. The molecular formula is C16H20N2S2. The van der Waals surface area contributed by atoms with Gasteiger partial charge in [-0.2, -0.15) is 0 Å². The lowest BCUT2D eigenvalue weighted by Crippen LogP contribution is -2.55. The van der Waals surface area contributed by atoms with E-state index in [2.05, 4.69) is 39.2 Å². The van der Waals surface area contributed by atoms with E-state index in [1.165, 1.54) is 47.8 Å². The molecule has 5 heterocycles. The van der Waals surface area contributed by atoms with E-state index in [-0.39, 0.29) is 0 Å². The van der Waals surface area contributed by atoms with Crippen molar-refractivity contribution in [1.82, 2.24) is 10.2 Å². The molecule has 106 valence electrons. The van der Waals surface area contributed by atoms with Crippen LogP contribution in [-0.2, 0) is 6.54 Å². The predicted molar refractivity (Wildman–Crippen MR) is 87.4 cm³/mol. The second-order valence-electron chi connectivity index (χ2n) is 5.90. The maximum absolute atomic E-state index is 3.80. The molecule has 0 amide bonds. The molecule has 20 heavy (non-hydrogen) atoms. The standard InChI is InChI=1S/C16H20N2S2/c1-2-16(19-7-1)13-8-14(20-11-13)9-17-15-10-18-5-3-12(15)4-6-18/h1-2,7-8,11-12,15,17H,3-6,9-10H2. The fraction of sp³-hybridized carbons (Fsp3) is 0.500. The molecule has 3 aliphatic heterocycles. The SMILES string of the molecule is c1csc(-c2csc(CNC3CN4CCC3CC4)c2)c1. The van der Waals surface area contributed by atoms with Gasteiger partial charge in [-0.1, -0.05) is 6.07 Å². The topological polar surface area (TPSA) is 15.3 Å². The van der Waals surface area contributed by atoms with E-state index in [0.29, 0.717) is 6.04 Å². The van der Waals surface area contributed by atoms with Crippen LogP contribution in [0.25, 0.3) is 10.4 Å². The van der Waals surface area contributed by atoms with E-state index in [1.54, 1.807) is 0 Å². The van der Waals surface area contributed by atoms with Gasteiger partial charge in [-0.25, -0.2) is 0 Å². The first kappa shape index (κ1) is 13.0. The third-order valence-corrected chi connectivity index (χ3v) is 6.51. The van der Waals surface area contributed by atoms with Crippen LogP contribution in [0.3, 0.4) is 0 Å². The Labute approximate surface area is 128 Å². The molecule has 0 aromatic carbocycles. The van der Waals surface area contributed by atoms with Gasteiger partial charge in [0.05, 0.1) is 0 Å². The van der Waals surface area contributed by atoms with Gasteiger partial charge in [-0.3, -0.25) is 0 Å². The van der Waals surface area contributed by atoms with Gasteiger partial charge in [-0.15, -0.1) is 22.7 Å². The summed E-state index contributed by atoms with van der Waals surface area (Å²) in [6.07, 6.45) is 2.78. The summed E-state index contributed by atoms with van der Waals surface area (Å²) in [6, 6.07) is 7.40. The van der Waals surface area contributed by atoms with Crippen molar-refractivity contribution in [3.05, 3.63) is 33.8 Å². The fourth-order valence-electron chi connectivity index (χ4n) is 3.47. The normalized spacial score (nSPS) is 28.9. The number of piperidine rings is 3. The Kier molecular flexibility index (Phi) is 3.65. The van der Waals surface area contributed by atoms with Crippen molar-refractivity contribution >= 4 is 22.7 Å². The van der Waals surface area contributed by atoms with Crippen LogP contribution in [0.2, 0.25) is 0 Å². The van der Waals surface area contributed by atoms with Crippen LogP contribution in [0, 0.1) is 5.92 Å². The van der Waals surface area contributed by atoms with E-state index < -0.39 is 0 Å². The molecule has 2 bridgehead atoms. The van der Waals surface area contributed by atoms with Crippen molar-refractivity contribution < 1.29 is 0 Å². The van der Waals surface area contributed by atoms with Crippen LogP contribution in [0.1, 0.15) is 17.7 Å². The third kappa shape index (κ3) is 2.58. The van der Waals surface area contributed by atoms with E-state index in [0.717, 1.165) is 12.5 Å². The molecule has 3 fully saturated rings. The van der Waals surface area contributed by atoms with Crippen LogP contribution in [0.4, 0.5) is 0 Å². The fourth-order valence-corrected chi connectivity index (χ4v) is 5.10. The summed E-state index contributed by atoms with van der Waals surface area (Å²) in [4.78, 5) is 5.46. The van der Waals surface area contributed by atoms with Crippen LogP contribution in [-0.4, -0.2) is 30.6 Å². The predicted octanol–water partition coefficient (Wildman–Crippen LogP) is 3.66. The van der Waals surface area contributed by atoms with Gasteiger partial charge in [0.2, 0.25) is 0 Å². The first-order valence-corrected chi connectivity index (χ1v) is 9.21. The number of hydrogen-bond acceptors (Lipinski definition) is 4. The van der Waals surface area contributed by atoms with Gasteiger partial charge in [-0.05, 0) is 54.7 Å². The molecule has 0 spiro atoms. The first-order chi connectivity index (χ1) is 9.88. The van der Waals surface area contributed by atoms with Crippen LogP contribution >= 0.6 is 22.7 Å². The first-order valence-electron chi connectivity index (χ1n) is 7.45. The summed E-state index contributed by atoms with van der Waals surface area (Å²) in [6.45, 7) is 4.94. The molecule has 2 aromatic heterocycles. The maximum Gasteiger partial charge on any atom is 0.0351 e. The average molecular weight is 304 g/mol. The minimum atomic E-state index is 0.713. The number of rotatable bonds is 4. The highest BCUT2D eigenvalue weighted by Gasteiger charge is 2.33. The Morgan fingerprint density at radius 2 is 2.15 bits per heavy atom. The lowest BCUT2D eigenvalue weighted by Gasteiger charge is -2.45. The zero-order valence-electron chi connectivity index (χ0n) is 11.5. The zero-order valence-corrected chi connectivity index (χ0v) is 13.2. The highest BCUT2D eigenvalue weighted by molar-refractivity contribution is 7.14. The van der Waals surface area contributed by atoms with Crippen molar-refractivity contribution in [2.24, 2.45) is 5.92 Å². The zero-order chi connectivity index (χ0) is 13.4. The van der Waals surface area contributed by atoms with E-state index in [4.69, 9.17) is 0 Å². The summed E-state index contributed by atoms with van der Waals surface area (Å²) in [7, 11) is 0. The Morgan fingerprint density at radius 1 is 1.25 bits per heavy atom. The smallest absolute Gasteiger partial charge is 0.0351 e. The molecule has 2 aromatic rings. The second-order valence-corrected chi connectivity index (χ2v) is 7.85. The monoisotopic (exact) mass is 304 g/mol. The molecule has 1 unspecified atom stereocenters. The van der Waals surface area contributed by atoms with Crippen molar-refractivity contribution in [2.45, 2.75) is 25.4 Å². The number of nitrogens with one attached hydrogen (secondary N) is 1. The minimum Gasteiger partial charge on any atom is -0.308 e. The summed E-state index contributed by atoms with van der Waals surface area (Å²) in [5, 5.41) is 8.24. The van der Waals surface area contributed by atoms with Gasteiger partial charge < -0.3 is 10.2 Å². The van der Waals surface area contributed by atoms with Gasteiger partial charge in [0.25, 0.3) is 0 Å². The van der Waals surface area contributed by atoms with Crippen molar-refractivity contribution in [3.8, 4) is 10.4 Å². The lowest BCUT2D eigenvalue weighted by atomic mass is 9.84. The minimum absolute atomic E-state index is 0.713. The Balaban J connectivity index is 1.38. The Bertz CT molecular complexity index is 553. The molecule has 1 N–H and O–H groups in total. The Hall–Kier alpha value is -0.680. The van der Waals surface area contributed by atoms with E-state index in [1.807, 2.05) is 22.7 Å². The molecule has 0 aliphatic carbocycles. The maximum atomic E-state index is 3.80. The summed E-state index contributed by atoms with van der Waals surface area (Å²) in [5.74, 6) is 0.914. The highest BCUT2D eigenvalue weighted by Crippen LogP contribution is 2.30. The summed E-state index contributed by atoms with van der Waals surface area (Å²) < 4.78 is 0. The summed E-state index contributed by atoms with van der Waals surface area (Å²) in [5.41, 5.74) is 1.38. The molecule has 0 saturated carbocycles. The van der Waals surface area contributed by atoms with Crippen LogP contribution in [0.15, 0.2) is 29.0 Å². The number of fused-ring (bicyclic) bond motifs is 3. The number of hydrogen-bond donors (Lipinski definition) is 1. The van der Waals surface area contributed by atoms with E-state index >= 15 is 0 Å². The second kappa shape index (κ2) is 5.60. The molecule has 2 nitrogen and oxygen atoms in total. The Morgan fingerprint density at radius 3 is 2.85 bits per heavy atom. The summed E-state index contributed by atoms with van der Waals surface area (Å²) >= 11 is 3.71. The van der Waals surface area contributed by atoms with Gasteiger partial charge in [0.1, 0.15) is 0 Å². The van der Waals surface area contributed by atoms with Crippen LogP contribution < -0.4 is 5.32 Å². The molecular weight excluding hydrogens is 284 g/mol. The number of nitrogens with zero attached hydrogens (tertiary/aromatic N) is 1. The van der Waals surface area contributed by atoms with E-state index in [9.17, 15) is 0 Å². The van der Waals surface area contributed by atoms with Crippen molar-refractivity contribution in [3.63, 3.8) is 0 Å². The highest BCUT2D eigenvalue weighted by atomic mass is 32.1. The quantitative estimate of drug-likeness (QED) is 0.927. The van der Waals surface area contributed by atoms with Gasteiger partial charge in [0, 0.05) is 34.4 Å². The van der Waals surface area contributed by atoms with Crippen molar-refractivity contribution in [1.29, 1.82) is 0 Å². The number of thiophene rings is 2. The lowest BCUT2D eigenvalue weighted by molar-refractivity contribution is 0.0721.